The number of thiazole rings is 1. The molecule has 3 rings (SSSR count). The summed E-state index contributed by atoms with van der Waals surface area (Å²) in [5.74, 6) is 0.257. The van der Waals surface area contributed by atoms with Gasteiger partial charge in [-0.2, -0.15) is 5.26 Å². The van der Waals surface area contributed by atoms with Crippen molar-refractivity contribution < 1.29 is 9.53 Å². The van der Waals surface area contributed by atoms with Crippen LogP contribution in [0.2, 0.25) is 0 Å². The topological polar surface area (TPSA) is 75.0 Å². The number of hydrogen-bond acceptors (Lipinski definition) is 5. The van der Waals surface area contributed by atoms with E-state index in [0.29, 0.717) is 16.4 Å². The average molecular weight is 377 g/mol. The van der Waals surface area contributed by atoms with Crippen LogP contribution in [0, 0.1) is 25.2 Å². The Bertz CT molecular complexity index is 1000. The second kappa shape index (κ2) is 8.02. The number of hydrogen-bond donors (Lipinski definition) is 1. The Morgan fingerprint density at radius 3 is 2.67 bits per heavy atom. The molecule has 0 spiro atoms. The molecule has 136 valence electrons. The lowest BCUT2D eigenvalue weighted by molar-refractivity contribution is -0.122. The van der Waals surface area contributed by atoms with Crippen molar-refractivity contribution in [3.63, 3.8) is 0 Å². The Morgan fingerprint density at radius 1 is 1.22 bits per heavy atom. The van der Waals surface area contributed by atoms with Crippen LogP contribution in [0.15, 0.2) is 47.8 Å². The van der Waals surface area contributed by atoms with E-state index in [1.54, 1.807) is 31.2 Å². The minimum atomic E-state index is -0.689. The molecule has 1 aromatic heterocycles. The zero-order valence-electron chi connectivity index (χ0n) is 15.3. The number of benzene rings is 2. The third kappa shape index (κ3) is 4.52. The van der Waals surface area contributed by atoms with E-state index >= 15 is 0 Å². The number of rotatable bonds is 5. The number of nitrogens with one attached hydrogen (secondary N) is 1. The summed E-state index contributed by atoms with van der Waals surface area (Å²) in [6.07, 6.45) is -0.689. The molecule has 3 aromatic rings. The number of nitriles is 1. The highest BCUT2D eigenvalue weighted by molar-refractivity contribution is 7.14. The van der Waals surface area contributed by atoms with Crippen molar-refractivity contribution in [2.75, 3.05) is 5.32 Å². The number of carbonyl (C=O) groups is 1. The Kier molecular flexibility index (Phi) is 5.53. The number of amides is 1. The molecular formula is C21H19N3O2S. The third-order valence-electron chi connectivity index (χ3n) is 4.07. The molecule has 0 aliphatic heterocycles. The van der Waals surface area contributed by atoms with E-state index in [2.05, 4.69) is 28.5 Å². The molecule has 5 nitrogen and oxygen atoms in total. The van der Waals surface area contributed by atoms with Gasteiger partial charge < -0.3 is 4.74 Å². The van der Waals surface area contributed by atoms with Crippen molar-refractivity contribution in [3.05, 3.63) is 64.5 Å². The Morgan fingerprint density at radius 2 is 1.96 bits per heavy atom. The van der Waals surface area contributed by atoms with Gasteiger partial charge in [0.1, 0.15) is 5.75 Å². The Labute approximate surface area is 162 Å². The number of aromatic nitrogens is 1. The van der Waals surface area contributed by atoms with E-state index in [1.165, 1.54) is 16.9 Å². The quantitative estimate of drug-likeness (QED) is 0.699. The van der Waals surface area contributed by atoms with Crippen molar-refractivity contribution in [3.8, 4) is 23.1 Å². The van der Waals surface area contributed by atoms with Crippen molar-refractivity contribution in [1.29, 1.82) is 5.26 Å². The molecule has 0 radical (unpaired) electrons. The average Bonchev–Trinajstić information content (AvgIpc) is 3.12. The third-order valence-corrected chi connectivity index (χ3v) is 4.83. The fraction of sp³-hybridized carbons (Fsp3) is 0.190. The minimum absolute atomic E-state index is 0.277. The lowest BCUT2D eigenvalue weighted by atomic mass is 10.0. The van der Waals surface area contributed by atoms with Crippen LogP contribution < -0.4 is 10.1 Å². The van der Waals surface area contributed by atoms with Crippen LogP contribution in [0.1, 0.15) is 23.6 Å². The zero-order valence-corrected chi connectivity index (χ0v) is 16.1. The van der Waals surface area contributed by atoms with Crippen LogP contribution in [0.5, 0.6) is 5.75 Å². The maximum Gasteiger partial charge on any atom is 0.266 e. The predicted molar refractivity (Wildman–Crippen MR) is 107 cm³/mol. The number of aryl methyl sites for hydroxylation is 2. The van der Waals surface area contributed by atoms with E-state index in [4.69, 9.17) is 10.00 Å². The minimum Gasteiger partial charge on any atom is -0.481 e. The molecule has 1 atom stereocenters. The van der Waals surface area contributed by atoms with Crippen LogP contribution >= 0.6 is 11.3 Å². The summed E-state index contributed by atoms with van der Waals surface area (Å²) >= 11 is 1.38. The summed E-state index contributed by atoms with van der Waals surface area (Å²) in [5, 5.41) is 14.1. The summed E-state index contributed by atoms with van der Waals surface area (Å²) in [6.45, 7) is 5.76. The molecule has 2 aromatic carbocycles. The van der Waals surface area contributed by atoms with Crippen LogP contribution in [0.3, 0.4) is 0 Å². The molecule has 6 heteroatoms. The fourth-order valence-corrected chi connectivity index (χ4v) is 3.25. The standard InChI is InChI=1S/C21H19N3O2S/c1-13-4-5-14(2)18(10-13)19-12-27-21(23-19)24-20(25)15(3)26-17-8-6-16(11-22)7-9-17/h4-10,12,15H,1-3H3,(H,23,24,25). The van der Waals surface area contributed by atoms with Gasteiger partial charge in [0.05, 0.1) is 17.3 Å². The van der Waals surface area contributed by atoms with Gasteiger partial charge in [-0.15, -0.1) is 11.3 Å². The van der Waals surface area contributed by atoms with Crippen LogP contribution in [-0.4, -0.2) is 17.0 Å². The SMILES string of the molecule is Cc1ccc(C)c(-c2csc(NC(=O)C(C)Oc3ccc(C#N)cc3)n2)c1. The van der Waals surface area contributed by atoms with Crippen molar-refractivity contribution in [2.24, 2.45) is 0 Å². The molecule has 0 fully saturated rings. The van der Waals surface area contributed by atoms with E-state index in [-0.39, 0.29) is 5.91 Å². The normalized spacial score (nSPS) is 11.5. The Hall–Kier alpha value is -3.17. The van der Waals surface area contributed by atoms with Gasteiger partial charge in [-0.05, 0) is 56.7 Å². The molecular weight excluding hydrogens is 358 g/mol. The highest BCUT2D eigenvalue weighted by Gasteiger charge is 2.17. The number of carbonyl (C=O) groups excluding carboxylic acids is 1. The number of nitrogens with zero attached hydrogens (tertiary/aromatic N) is 2. The van der Waals surface area contributed by atoms with Gasteiger partial charge in [-0.1, -0.05) is 17.7 Å². The van der Waals surface area contributed by atoms with Gasteiger partial charge in [-0.25, -0.2) is 4.98 Å². The molecule has 1 unspecified atom stereocenters. The highest BCUT2D eigenvalue weighted by atomic mass is 32.1. The van der Waals surface area contributed by atoms with Crippen molar-refractivity contribution >= 4 is 22.4 Å². The van der Waals surface area contributed by atoms with Crippen LogP contribution in [-0.2, 0) is 4.79 Å². The first-order chi connectivity index (χ1) is 13.0. The van der Waals surface area contributed by atoms with Gasteiger partial charge in [0.25, 0.3) is 5.91 Å². The van der Waals surface area contributed by atoms with Crippen LogP contribution in [0.4, 0.5) is 5.13 Å². The van der Waals surface area contributed by atoms with E-state index < -0.39 is 6.10 Å². The van der Waals surface area contributed by atoms with Crippen LogP contribution in [0.25, 0.3) is 11.3 Å². The largest absolute Gasteiger partial charge is 0.481 e. The molecule has 1 N–H and O–H groups in total. The summed E-state index contributed by atoms with van der Waals surface area (Å²) in [4.78, 5) is 16.9. The summed E-state index contributed by atoms with van der Waals surface area (Å²) in [5.41, 5.74) is 4.76. The molecule has 1 heterocycles. The molecule has 27 heavy (non-hydrogen) atoms. The molecule has 0 saturated heterocycles. The van der Waals surface area contributed by atoms with E-state index in [9.17, 15) is 4.79 Å². The lowest BCUT2D eigenvalue weighted by Crippen LogP contribution is -2.30. The molecule has 0 aliphatic rings. The first-order valence-electron chi connectivity index (χ1n) is 8.47. The molecule has 0 saturated carbocycles. The highest BCUT2D eigenvalue weighted by Crippen LogP contribution is 2.28. The van der Waals surface area contributed by atoms with Gasteiger partial charge >= 0.3 is 0 Å². The number of anilines is 1. The molecule has 0 aliphatic carbocycles. The fourth-order valence-electron chi connectivity index (χ4n) is 2.54. The molecule has 1 amide bonds. The van der Waals surface area contributed by atoms with Gasteiger partial charge in [0.2, 0.25) is 0 Å². The van der Waals surface area contributed by atoms with Gasteiger partial charge in [0.15, 0.2) is 11.2 Å². The second-order valence-corrected chi connectivity index (χ2v) is 7.10. The number of ether oxygens (including phenoxy) is 1. The van der Waals surface area contributed by atoms with Gasteiger partial charge in [0, 0.05) is 10.9 Å². The zero-order chi connectivity index (χ0) is 19.4. The maximum absolute atomic E-state index is 12.4. The smallest absolute Gasteiger partial charge is 0.266 e. The first kappa shape index (κ1) is 18.6. The van der Waals surface area contributed by atoms with Gasteiger partial charge in [-0.3, -0.25) is 10.1 Å². The first-order valence-corrected chi connectivity index (χ1v) is 9.35. The van der Waals surface area contributed by atoms with E-state index in [0.717, 1.165) is 16.8 Å². The predicted octanol–water partition coefficient (Wildman–Crippen LogP) is 4.70. The maximum atomic E-state index is 12.4. The van der Waals surface area contributed by atoms with Crippen molar-refractivity contribution in [2.45, 2.75) is 26.9 Å². The monoisotopic (exact) mass is 377 g/mol. The summed E-state index contributed by atoms with van der Waals surface area (Å²) < 4.78 is 5.63. The summed E-state index contributed by atoms with van der Waals surface area (Å²) in [7, 11) is 0. The second-order valence-electron chi connectivity index (χ2n) is 6.24. The van der Waals surface area contributed by atoms with E-state index in [1.807, 2.05) is 25.3 Å². The van der Waals surface area contributed by atoms with Crippen molar-refractivity contribution in [1.82, 2.24) is 4.98 Å². The summed E-state index contributed by atoms with van der Waals surface area (Å²) in [6, 6.07) is 14.9. The lowest BCUT2D eigenvalue weighted by Gasteiger charge is -2.13. The molecule has 0 bridgehead atoms. The Balaban J connectivity index is 1.66.